The highest BCUT2D eigenvalue weighted by Gasteiger charge is 2.10. The van der Waals surface area contributed by atoms with Crippen molar-refractivity contribution in [2.45, 2.75) is 32.7 Å². The van der Waals surface area contributed by atoms with Crippen molar-refractivity contribution in [2.24, 2.45) is 4.99 Å². The fourth-order valence-corrected chi connectivity index (χ4v) is 2.47. The van der Waals surface area contributed by atoms with Crippen molar-refractivity contribution in [1.82, 2.24) is 25.3 Å². The zero-order valence-electron chi connectivity index (χ0n) is 17.1. The number of benzene rings is 1. The smallest absolute Gasteiger partial charge is 0.243 e. The lowest BCUT2D eigenvalue weighted by molar-refractivity contribution is -0.127. The Hall–Kier alpha value is -2.10. The number of likely N-dealkylation sites (N-methyl/N-ethyl adjacent to an activating group) is 1. The molecule has 8 heteroatoms. The van der Waals surface area contributed by atoms with Gasteiger partial charge in [0.1, 0.15) is 6.54 Å². The summed E-state index contributed by atoms with van der Waals surface area (Å²) >= 11 is 0. The van der Waals surface area contributed by atoms with Gasteiger partial charge in [0, 0.05) is 33.0 Å². The Labute approximate surface area is 184 Å². The zero-order chi connectivity index (χ0) is 19.6. The summed E-state index contributed by atoms with van der Waals surface area (Å²) in [6, 6.07) is 10.1. The molecule has 2 rings (SSSR count). The van der Waals surface area contributed by atoms with E-state index in [0.717, 1.165) is 30.6 Å². The molecule has 7 nitrogen and oxygen atoms in total. The predicted molar refractivity (Wildman–Crippen MR) is 124 cm³/mol. The third-order valence-electron chi connectivity index (χ3n) is 4.19. The highest BCUT2D eigenvalue weighted by molar-refractivity contribution is 14.0. The minimum Gasteiger partial charge on any atom is -0.356 e. The molecule has 0 bridgehead atoms. The predicted octanol–water partition coefficient (Wildman–Crippen LogP) is 2.97. The first-order chi connectivity index (χ1) is 13.0. The maximum Gasteiger partial charge on any atom is 0.243 e. The van der Waals surface area contributed by atoms with Gasteiger partial charge in [-0.15, -0.1) is 24.0 Å². The van der Waals surface area contributed by atoms with E-state index in [0.29, 0.717) is 5.96 Å². The van der Waals surface area contributed by atoms with Gasteiger partial charge in [-0.25, -0.2) is 9.67 Å². The number of rotatable bonds is 8. The van der Waals surface area contributed by atoms with E-state index in [1.807, 2.05) is 29.1 Å². The summed E-state index contributed by atoms with van der Waals surface area (Å²) in [7, 11) is 3.47. The molecule has 2 aromatic rings. The van der Waals surface area contributed by atoms with Crippen molar-refractivity contribution >= 4 is 35.8 Å². The molecular formula is C20H31IN6O. The second-order valence-corrected chi connectivity index (χ2v) is 6.64. The molecule has 2 N–H and O–H groups in total. The lowest BCUT2D eigenvalue weighted by atomic mass is 10.1. The lowest BCUT2D eigenvalue weighted by Crippen LogP contribution is -2.40. The van der Waals surface area contributed by atoms with Gasteiger partial charge in [0.05, 0.1) is 11.7 Å². The van der Waals surface area contributed by atoms with Crippen molar-refractivity contribution in [3.8, 4) is 5.69 Å². The van der Waals surface area contributed by atoms with Crippen LogP contribution in [0.4, 0.5) is 0 Å². The number of nitrogens with zero attached hydrogens (tertiary/aromatic N) is 4. The Morgan fingerprint density at radius 2 is 2.11 bits per heavy atom. The number of aliphatic imine (C=N–C) groups is 1. The van der Waals surface area contributed by atoms with Gasteiger partial charge in [-0.1, -0.05) is 25.5 Å². The molecule has 28 heavy (non-hydrogen) atoms. The average molecular weight is 498 g/mol. The SMILES string of the molecule is CCCCNC(=NCC(=O)N(C)C)NC(C)c1cccc(-n2cccn2)c1.I. The molecule has 154 valence electrons. The summed E-state index contributed by atoms with van der Waals surface area (Å²) in [5, 5.41) is 11.0. The summed E-state index contributed by atoms with van der Waals surface area (Å²) in [6.45, 7) is 5.16. The number of nitrogens with one attached hydrogen (secondary N) is 2. The number of carbonyl (C=O) groups excluding carboxylic acids is 1. The molecule has 0 radical (unpaired) electrons. The van der Waals surface area contributed by atoms with Crippen molar-refractivity contribution in [1.29, 1.82) is 0 Å². The molecular weight excluding hydrogens is 467 g/mol. The van der Waals surface area contributed by atoms with Crippen LogP contribution in [0.1, 0.15) is 38.3 Å². The quantitative estimate of drug-likeness (QED) is 0.254. The maximum absolute atomic E-state index is 11.9. The third-order valence-corrected chi connectivity index (χ3v) is 4.19. The second-order valence-electron chi connectivity index (χ2n) is 6.64. The Morgan fingerprint density at radius 1 is 1.32 bits per heavy atom. The summed E-state index contributed by atoms with van der Waals surface area (Å²) < 4.78 is 1.83. The maximum atomic E-state index is 11.9. The topological polar surface area (TPSA) is 74.6 Å². The second kappa shape index (κ2) is 12.4. The van der Waals surface area contributed by atoms with Gasteiger partial charge in [-0.2, -0.15) is 5.10 Å². The number of carbonyl (C=O) groups is 1. The fourth-order valence-electron chi connectivity index (χ4n) is 2.47. The van der Waals surface area contributed by atoms with Gasteiger partial charge in [-0.3, -0.25) is 4.79 Å². The van der Waals surface area contributed by atoms with Gasteiger partial charge >= 0.3 is 0 Å². The average Bonchev–Trinajstić information content (AvgIpc) is 3.20. The van der Waals surface area contributed by atoms with Crippen LogP contribution in [-0.4, -0.2) is 53.7 Å². The van der Waals surface area contributed by atoms with Crippen LogP contribution in [0.25, 0.3) is 5.69 Å². The lowest BCUT2D eigenvalue weighted by Gasteiger charge is -2.19. The van der Waals surface area contributed by atoms with E-state index in [4.69, 9.17) is 0 Å². The highest BCUT2D eigenvalue weighted by Crippen LogP contribution is 2.16. The molecule has 0 fully saturated rings. The minimum absolute atomic E-state index is 0. The molecule has 1 aromatic heterocycles. The van der Waals surface area contributed by atoms with E-state index in [-0.39, 0.29) is 42.5 Å². The van der Waals surface area contributed by atoms with Gasteiger partial charge in [0.2, 0.25) is 5.91 Å². The molecule has 0 spiro atoms. The molecule has 0 saturated carbocycles. The first kappa shape index (κ1) is 23.9. The standard InChI is InChI=1S/C20H30N6O.HI/c1-5-6-11-21-20(22-15-19(27)25(3)4)24-16(2)17-9-7-10-18(14-17)26-13-8-12-23-26;/h7-10,12-14,16H,5-6,11,15H2,1-4H3,(H2,21,22,24);1H. The summed E-state index contributed by atoms with van der Waals surface area (Å²) in [5.74, 6) is 0.621. The Kier molecular flexibility index (Phi) is 10.6. The van der Waals surface area contributed by atoms with E-state index < -0.39 is 0 Å². The minimum atomic E-state index is -0.0278. The Balaban J connectivity index is 0.00000392. The summed E-state index contributed by atoms with van der Waals surface area (Å²) in [4.78, 5) is 17.8. The molecule has 0 aliphatic rings. The monoisotopic (exact) mass is 498 g/mol. The number of halogens is 1. The number of unbranched alkanes of at least 4 members (excludes halogenated alkanes) is 1. The van der Waals surface area contributed by atoms with E-state index in [1.165, 1.54) is 0 Å². The van der Waals surface area contributed by atoms with E-state index in [9.17, 15) is 4.79 Å². The highest BCUT2D eigenvalue weighted by atomic mass is 127. The van der Waals surface area contributed by atoms with Crippen LogP contribution in [-0.2, 0) is 4.79 Å². The Bertz CT molecular complexity index is 745. The summed E-state index contributed by atoms with van der Waals surface area (Å²) in [6.07, 6.45) is 5.83. The zero-order valence-corrected chi connectivity index (χ0v) is 19.4. The normalized spacial score (nSPS) is 12.1. The van der Waals surface area contributed by atoms with Gasteiger partial charge in [0.25, 0.3) is 0 Å². The van der Waals surface area contributed by atoms with Gasteiger partial charge in [0.15, 0.2) is 5.96 Å². The number of guanidine groups is 1. The van der Waals surface area contributed by atoms with Crippen molar-refractivity contribution in [3.05, 3.63) is 48.3 Å². The van der Waals surface area contributed by atoms with Crippen LogP contribution in [0.15, 0.2) is 47.7 Å². The molecule has 1 heterocycles. The summed E-state index contributed by atoms with van der Waals surface area (Å²) in [5.41, 5.74) is 2.12. The van der Waals surface area contributed by atoms with Gasteiger partial charge < -0.3 is 15.5 Å². The van der Waals surface area contributed by atoms with Crippen molar-refractivity contribution in [2.75, 3.05) is 27.2 Å². The Morgan fingerprint density at radius 3 is 2.75 bits per heavy atom. The van der Waals surface area contributed by atoms with Crippen LogP contribution in [0.2, 0.25) is 0 Å². The molecule has 1 atom stereocenters. The van der Waals surface area contributed by atoms with Crippen LogP contribution >= 0.6 is 24.0 Å². The van der Waals surface area contributed by atoms with Crippen molar-refractivity contribution < 1.29 is 4.79 Å². The van der Waals surface area contributed by atoms with Crippen LogP contribution in [0, 0.1) is 0 Å². The molecule has 0 aliphatic heterocycles. The molecule has 1 amide bonds. The third kappa shape index (κ3) is 7.49. The molecule has 1 unspecified atom stereocenters. The largest absolute Gasteiger partial charge is 0.356 e. The van der Waals surface area contributed by atoms with Crippen LogP contribution in [0.3, 0.4) is 0 Å². The molecule has 1 aromatic carbocycles. The first-order valence-corrected chi connectivity index (χ1v) is 9.36. The van der Waals surface area contributed by atoms with Gasteiger partial charge in [-0.05, 0) is 37.1 Å². The van der Waals surface area contributed by atoms with Crippen LogP contribution < -0.4 is 10.6 Å². The first-order valence-electron chi connectivity index (χ1n) is 9.36. The number of hydrogen-bond acceptors (Lipinski definition) is 3. The molecule has 0 aliphatic carbocycles. The fraction of sp³-hybridized carbons (Fsp3) is 0.450. The van der Waals surface area contributed by atoms with Crippen LogP contribution in [0.5, 0.6) is 0 Å². The van der Waals surface area contributed by atoms with E-state index in [2.05, 4.69) is 46.7 Å². The molecule has 0 saturated heterocycles. The number of hydrogen-bond donors (Lipinski definition) is 2. The van der Waals surface area contributed by atoms with E-state index in [1.54, 1.807) is 25.2 Å². The van der Waals surface area contributed by atoms with E-state index >= 15 is 0 Å². The van der Waals surface area contributed by atoms with Crippen molar-refractivity contribution in [3.63, 3.8) is 0 Å². The number of aromatic nitrogens is 2. The number of amides is 1.